The van der Waals surface area contributed by atoms with E-state index in [1.54, 1.807) is 13.2 Å². The molecule has 0 amide bonds. The van der Waals surface area contributed by atoms with Gasteiger partial charge in [0, 0.05) is 31.3 Å². The maximum atomic E-state index is 11.2. The molecule has 1 rings (SSSR count). The second-order valence-corrected chi connectivity index (χ2v) is 3.06. The van der Waals surface area contributed by atoms with Crippen LogP contribution in [0.2, 0.25) is 0 Å². The summed E-state index contributed by atoms with van der Waals surface area (Å²) in [5.41, 5.74) is 6.07. The molecule has 1 aromatic heterocycles. The van der Waals surface area contributed by atoms with Crippen molar-refractivity contribution in [1.29, 1.82) is 0 Å². The Bertz CT molecular complexity index is 409. The second-order valence-electron chi connectivity index (χ2n) is 3.06. The number of aryl methyl sites for hydroxylation is 1. The molecule has 0 saturated carbocycles. The molecule has 2 N–H and O–H groups in total. The fourth-order valence-corrected chi connectivity index (χ4v) is 0.981. The monoisotopic (exact) mass is 190 g/mol. The Morgan fingerprint density at radius 1 is 1.57 bits per heavy atom. The quantitative estimate of drug-likeness (QED) is 0.544. The maximum absolute atomic E-state index is 11.2. The van der Waals surface area contributed by atoms with Gasteiger partial charge in [0.15, 0.2) is 0 Å². The highest BCUT2D eigenvalue weighted by Gasteiger charge is 1.90. The average Bonchev–Trinajstić information content (AvgIpc) is 2.18. The summed E-state index contributed by atoms with van der Waals surface area (Å²) in [5.74, 6) is 5.90. The Labute approximate surface area is 83.6 Å². The van der Waals surface area contributed by atoms with Crippen molar-refractivity contribution >= 4 is 0 Å². The molecular weight excluding hydrogens is 176 g/mol. The van der Waals surface area contributed by atoms with Crippen molar-refractivity contribution in [2.24, 2.45) is 12.8 Å². The van der Waals surface area contributed by atoms with Crippen LogP contribution >= 0.6 is 0 Å². The van der Waals surface area contributed by atoms with E-state index >= 15 is 0 Å². The topological polar surface area (TPSA) is 48.0 Å². The van der Waals surface area contributed by atoms with Crippen molar-refractivity contribution < 1.29 is 0 Å². The van der Waals surface area contributed by atoms with Crippen LogP contribution in [0.5, 0.6) is 0 Å². The molecule has 0 aliphatic rings. The number of hydrogen-bond donors (Lipinski definition) is 1. The first-order valence-electron chi connectivity index (χ1n) is 4.59. The third-order valence-corrected chi connectivity index (χ3v) is 1.84. The molecule has 0 radical (unpaired) electrons. The lowest BCUT2D eigenvalue weighted by molar-refractivity contribution is 0.858. The Morgan fingerprint density at radius 3 is 3.00 bits per heavy atom. The van der Waals surface area contributed by atoms with Crippen molar-refractivity contribution in [2.75, 3.05) is 6.54 Å². The van der Waals surface area contributed by atoms with E-state index in [-0.39, 0.29) is 5.56 Å². The molecule has 74 valence electrons. The predicted molar refractivity (Wildman–Crippen MR) is 56.8 cm³/mol. The average molecular weight is 190 g/mol. The standard InChI is InChI=1S/C11H14N2O/c1-13-8-6-10(9-11(13)14)5-3-2-4-7-12/h6,8-9H,2,4,7,12H2,1H3. The lowest BCUT2D eigenvalue weighted by atomic mass is 10.2. The molecule has 3 heteroatoms. The molecular formula is C11H14N2O. The first kappa shape index (κ1) is 10.6. The Hall–Kier alpha value is -1.53. The molecule has 0 unspecified atom stereocenters. The van der Waals surface area contributed by atoms with Gasteiger partial charge in [-0.05, 0) is 19.0 Å². The van der Waals surface area contributed by atoms with Gasteiger partial charge in [0.25, 0.3) is 5.56 Å². The number of hydrogen-bond acceptors (Lipinski definition) is 2. The Balaban J connectivity index is 2.71. The lowest BCUT2D eigenvalue weighted by Crippen LogP contribution is -2.14. The third kappa shape index (κ3) is 3.08. The van der Waals surface area contributed by atoms with Crippen LogP contribution < -0.4 is 11.3 Å². The minimum atomic E-state index is -0.0318. The summed E-state index contributed by atoms with van der Waals surface area (Å²) in [4.78, 5) is 11.2. The summed E-state index contributed by atoms with van der Waals surface area (Å²) in [5, 5.41) is 0. The summed E-state index contributed by atoms with van der Waals surface area (Å²) in [6.07, 6.45) is 3.40. The van der Waals surface area contributed by atoms with Crippen LogP contribution in [0, 0.1) is 11.8 Å². The van der Waals surface area contributed by atoms with Gasteiger partial charge in [-0.1, -0.05) is 11.8 Å². The van der Waals surface area contributed by atoms with E-state index in [9.17, 15) is 4.79 Å². The van der Waals surface area contributed by atoms with Gasteiger partial charge in [0.1, 0.15) is 0 Å². The molecule has 3 nitrogen and oxygen atoms in total. The van der Waals surface area contributed by atoms with Gasteiger partial charge in [0.05, 0.1) is 0 Å². The smallest absolute Gasteiger partial charge is 0.251 e. The zero-order valence-electron chi connectivity index (χ0n) is 8.29. The fourth-order valence-electron chi connectivity index (χ4n) is 0.981. The number of nitrogens with two attached hydrogens (primary N) is 1. The molecule has 0 atom stereocenters. The van der Waals surface area contributed by atoms with Gasteiger partial charge < -0.3 is 10.3 Å². The third-order valence-electron chi connectivity index (χ3n) is 1.84. The molecule has 0 spiro atoms. The molecule has 14 heavy (non-hydrogen) atoms. The van der Waals surface area contributed by atoms with E-state index in [4.69, 9.17) is 5.73 Å². The molecule has 1 heterocycles. The number of nitrogens with zero attached hydrogens (tertiary/aromatic N) is 1. The van der Waals surface area contributed by atoms with Crippen LogP contribution in [0.3, 0.4) is 0 Å². The summed E-state index contributed by atoms with van der Waals surface area (Å²) in [6, 6.07) is 3.37. The van der Waals surface area contributed by atoms with Gasteiger partial charge in [-0.15, -0.1) is 0 Å². The van der Waals surface area contributed by atoms with Crippen LogP contribution in [0.1, 0.15) is 18.4 Å². The summed E-state index contributed by atoms with van der Waals surface area (Å²) in [6.45, 7) is 0.658. The molecule has 0 fully saturated rings. The molecule has 0 bridgehead atoms. The molecule has 0 aromatic carbocycles. The summed E-state index contributed by atoms with van der Waals surface area (Å²) >= 11 is 0. The van der Waals surface area contributed by atoms with Gasteiger partial charge >= 0.3 is 0 Å². The first-order chi connectivity index (χ1) is 6.74. The largest absolute Gasteiger partial charge is 0.330 e. The zero-order chi connectivity index (χ0) is 10.4. The number of unbranched alkanes of at least 4 members (excludes halogenated alkanes) is 1. The van der Waals surface area contributed by atoms with Crippen molar-refractivity contribution in [2.45, 2.75) is 12.8 Å². The first-order valence-corrected chi connectivity index (χ1v) is 4.59. The fraction of sp³-hybridized carbons (Fsp3) is 0.364. The van der Waals surface area contributed by atoms with Gasteiger partial charge in [0.2, 0.25) is 0 Å². The van der Waals surface area contributed by atoms with Crippen molar-refractivity contribution in [3.8, 4) is 11.8 Å². The molecule has 1 aromatic rings. The Kier molecular flexibility index (Phi) is 3.96. The van der Waals surface area contributed by atoms with Gasteiger partial charge in [-0.25, -0.2) is 0 Å². The highest BCUT2D eigenvalue weighted by molar-refractivity contribution is 5.32. The number of rotatable bonds is 2. The van der Waals surface area contributed by atoms with E-state index in [0.717, 1.165) is 18.4 Å². The van der Waals surface area contributed by atoms with Gasteiger partial charge in [-0.3, -0.25) is 4.79 Å². The van der Waals surface area contributed by atoms with Crippen LogP contribution in [-0.4, -0.2) is 11.1 Å². The normalized spacial score (nSPS) is 9.29. The molecule has 0 aliphatic carbocycles. The second kappa shape index (κ2) is 5.25. The van der Waals surface area contributed by atoms with Crippen LogP contribution in [0.15, 0.2) is 23.1 Å². The minimum absolute atomic E-state index is 0.0318. The maximum Gasteiger partial charge on any atom is 0.251 e. The molecule has 0 aliphatic heterocycles. The van der Waals surface area contributed by atoms with Crippen molar-refractivity contribution in [1.82, 2.24) is 4.57 Å². The Morgan fingerprint density at radius 2 is 2.36 bits per heavy atom. The molecule has 0 saturated heterocycles. The predicted octanol–water partition coefficient (Wildman–Crippen LogP) is 0.476. The SMILES string of the molecule is Cn1ccc(C#CCCCN)cc1=O. The highest BCUT2D eigenvalue weighted by Crippen LogP contribution is 1.91. The van der Waals surface area contributed by atoms with Gasteiger partial charge in [-0.2, -0.15) is 0 Å². The van der Waals surface area contributed by atoms with Crippen LogP contribution in [-0.2, 0) is 7.05 Å². The lowest BCUT2D eigenvalue weighted by Gasteiger charge is -1.94. The van der Waals surface area contributed by atoms with E-state index in [1.165, 1.54) is 10.6 Å². The van der Waals surface area contributed by atoms with E-state index in [0.29, 0.717) is 6.54 Å². The van der Waals surface area contributed by atoms with Crippen LogP contribution in [0.4, 0.5) is 0 Å². The van der Waals surface area contributed by atoms with Crippen molar-refractivity contribution in [3.05, 3.63) is 34.2 Å². The number of pyridine rings is 1. The van der Waals surface area contributed by atoms with E-state index in [1.807, 2.05) is 6.07 Å². The van der Waals surface area contributed by atoms with E-state index in [2.05, 4.69) is 11.8 Å². The highest BCUT2D eigenvalue weighted by atomic mass is 16.1. The summed E-state index contributed by atoms with van der Waals surface area (Å²) in [7, 11) is 1.72. The van der Waals surface area contributed by atoms with E-state index < -0.39 is 0 Å². The van der Waals surface area contributed by atoms with Crippen LogP contribution in [0.25, 0.3) is 0 Å². The zero-order valence-corrected chi connectivity index (χ0v) is 8.29. The summed E-state index contributed by atoms with van der Waals surface area (Å²) < 4.78 is 1.52. The number of aromatic nitrogens is 1. The van der Waals surface area contributed by atoms with Crippen molar-refractivity contribution in [3.63, 3.8) is 0 Å². The minimum Gasteiger partial charge on any atom is -0.330 e.